The molecule has 196 valence electrons. The Hall–Kier alpha value is -3.24. The second-order valence-electron chi connectivity index (χ2n) is 8.79. The van der Waals surface area contributed by atoms with Gasteiger partial charge in [-0.15, -0.1) is 0 Å². The first-order chi connectivity index (χ1) is 17.5. The van der Waals surface area contributed by atoms with Crippen LogP contribution in [0.15, 0.2) is 88.2 Å². The predicted molar refractivity (Wildman–Crippen MR) is 145 cm³/mol. The van der Waals surface area contributed by atoms with Crippen LogP contribution in [0.5, 0.6) is 0 Å². The molecule has 0 aliphatic heterocycles. The van der Waals surface area contributed by atoms with Crippen LogP contribution in [0.25, 0.3) is 0 Å². The van der Waals surface area contributed by atoms with E-state index in [-0.39, 0.29) is 23.4 Å². The molecule has 3 rings (SSSR count). The molecule has 37 heavy (non-hydrogen) atoms. The lowest BCUT2D eigenvalue weighted by molar-refractivity contribution is -0.139. The predicted octanol–water partition coefficient (Wildman–Crippen LogP) is 4.73. The third-order valence-corrected chi connectivity index (χ3v) is 7.91. The van der Waals surface area contributed by atoms with Crippen molar-refractivity contribution in [2.75, 3.05) is 10.8 Å². The van der Waals surface area contributed by atoms with Crippen molar-refractivity contribution in [1.29, 1.82) is 0 Å². The average molecular weight is 591 g/mol. The molecule has 0 aliphatic carbocycles. The van der Waals surface area contributed by atoms with Gasteiger partial charge in [0.1, 0.15) is 18.4 Å². The summed E-state index contributed by atoms with van der Waals surface area (Å²) in [4.78, 5) is 27.9. The molecule has 10 heteroatoms. The summed E-state index contributed by atoms with van der Waals surface area (Å²) in [7, 11) is -4.12. The summed E-state index contributed by atoms with van der Waals surface area (Å²) >= 11 is 3.35. The number of hydrogen-bond donors (Lipinski definition) is 1. The molecule has 1 N–H and O–H groups in total. The summed E-state index contributed by atoms with van der Waals surface area (Å²) in [5.41, 5.74) is 0.890. The monoisotopic (exact) mass is 589 g/mol. The molecule has 1 atom stereocenters. The van der Waals surface area contributed by atoms with Crippen LogP contribution in [0.1, 0.15) is 26.3 Å². The van der Waals surface area contributed by atoms with Crippen molar-refractivity contribution >= 4 is 43.5 Å². The van der Waals surface area contributed by atoms with Gasteiger partial charge in [-0.25, -0.2) is 12.8 Å². The smallest absolute Gasteiger partial charge is 0.264 e. The zero-order valence-corrected chi connectivity index (χ0v) is 23.2. The first-order valence-corrected chi connectivity index (χ1v) is 13.9. The zero-order valence-electron chi connectivity index (χ0n) is 20.8. The van der Waals surface area contributed by atoms with Crippen LogP contribution < -0.4 is 9.62 Å². The van der Waals surface area contributed by atoms with E-state index in [0.29, 0.717) is 11.3 Å². The Morgan fingerprint density at radius 3 is 2.08 bits per heavy atom. The van der Waals surface area contributed by atoms with Crippen LogP contribution in [0.3, 0.4) is 0 Å². The van der Waals surface area contributed by atoms with Crippen molar-refractivity contribution in [2.45, 2.75) is 44.3 Å². The molecule has 7 nitrogen and oxygen atoms in total. The normalized spacial score (nSPS) is 12.2. The molecule has 1 unspecified atom stereocenters. The van der Waals surface area contributed by atoms with Crippen LogP contribution >= 0.6 is 15.9 Å². The Bertz CT molecular complexity index is 1320. The quantitative estimate of drug-likeness (QED) is 0.370. The molecule has 0 saturated carbocycles. The van der Waals surface area contributed by atoms with E-state index in [9.17, 15) is 22.4 Å². The number of rotatable bonds is 10. The molecule has 2 amide bonds. The highest BCUT2D eigenvalue weighted by Crippen LogP contribution is 2.26. The summed E-state index contributed by atoms with van der Waals surface area (Å²) < 4.78 is 42.5. The van der Waals surface area contributed by atoms with Crippen LogP contribution in [-0.4, -0.2) is 43.8 Å². The molecule has 0 bridgehead atoms. The summed E-state index contributed by atoms with van der Waals surface area (Å²) in [6.45, 7) is 4.64. The summed E-state index contributed by atoms with van der Waals surface area (Å²) in [5.74, 6) is -1.40. The molecule has 0 radical (unpaired) electrons. The van der Waals surface area contributed by atoms with Crippen molar-refractivity contribution in [3.8, 4) is 0 Å². The minimum Gasteiger partial charge on any atom is -0.352 e. The van der Waals surface area contributed by atoms with Gasteiger partial charge in [0, 0.05) is 17.1 Å². The van der Waals surface area contributed by atoms with Crippen molar-refractivity contribution in [3.63, 3.8) is 0 Å². The van der Waals surface area contributed by atoms with E-state index in [1.54, 1.807) is 63.2 Å². The highest BCUT2D eigenvalue weighted by atomic mass is 79.9. The van der Waals surface area contributed by atoms with Gasteiger partial charge in [-0.2, -0.15) is 0 Å². The highest BCUT2D eigenvalue weighted by molar-refractivity contribution is 9.10. The van der Waals surface area contributed by atoms with E-state index in [4.69, 9.17) is 0 Å². The number of halogens is 2. The van der Waals surface area contributed by atoms with Gasteiger partial charge in [-0.3, -0.25) is 13.9 Å². The molecule has 0 spiro atoms. The summed E-state index contributed by atoms with van der Waals surface area (Å²) in [5, 5.41) is 2.79. The van der Waals surface area contributed by atoms with Crippen molar-refractivity contribution in [2.24, 2.45) is 0 Å². The van der Waals surface area contributed by atoms with Crippen molar-refractivity contribution < 1.29 is 22.4 Å². The molecule has 0 fully saturated rings. The molecule has 3 aromatic rings. The first kappa shape index (κ1) is 28.3. The fraction of sp³-hybridized carbons (Fsp3) is 0.259. The second kappa shape index (κ2) is 12.3. The van der Waals surface area contributed by atoms with Gasteiger partial charge in [0.2, 0.25) is 11.8 Å². The Morgan fingerprint density at radius 2 is 1.51 bits per heavy atom. The van der Waals surface area contributed by atoms with Gasteiger partial charge in [0.05, 0.1) is 10.6 Å². The molecule has 3 aromatic carbocycles. The SMILES string of the molecule is CC(C)NC(=O)C(C)N(Cc1ccc(F)cc1)C(=O)CN(c1ccc(Br)cc1)S(=O)(=O)c1ccccc1. The molecule has 0 aromatic heterocycles. The lowest BCUT2D eigenvalue weighted by Crippen LogP contribution is -2.52. The number of benzene rings is 3. The van der Waals surface area contributed by atoms with Crippen LogP contribution in [0.2, 0.25) is 0 Å². The number of carbonyl (C=O) groups excluding carboxylic acids is 2. The van der Waals surface area contributed by atoms with Gasteiger partial charge in [0.25, 0.3) is 10.0 Å². The molecular weight excluding hydrogens is 561 g/mol. The Kier molecular flexibility index (Phi) is 9.45. The van der Waals surface area contributed by atoms with Gasteiger partial charge in [0.15, 0.2) is 0 Å². The number of nitrogens with zero attached hydrogens (tertiary/aromatic N) is 2. The maximum Gasteiger partial charge on any atom is 0.264 e. The van der Waals surface area contributed by atoms with E-state index in [1.165, 1.54) is 41.3 Å². The van der Waals surface area contributed by atoms with Crippen LogP contribution in [0.4, 0.5) is 10.1 Å². The lowest BCUT2D eigenvalue weighted by Gasteiger charge is -2.32. The van der Waals surface area contributed by atoms with E-state index < -0.39 is 34.3 Å². The number of amides is 2. The second-order valence-corrected chi connectivity index (χ2v) is 11.6. The Morgan fingerprint density at radius 1 is 0.919 bits per heavy atom. The van der Waals surface area contributed by atoms with E-state index >= 15 is 0 Å². The number of nitrogens with one attached hydrogen (secondary N) is 1. The molecule has 0 saturated heterocycles. The van der Waals surface area contributed by atoms with Crippen molar-refractivity contribution in [3.05, 3.63) is 94.7 Å². The molecule has 0 aliphatic rings. The maximum absolute atomic E-state index is 13.7. The average Bonchev–Trinajstić information content (AvgIpc) is 2.87. The van der Waals surface area contributed by atoms with Gasteiger partial charge >= 0.3 is 0 Å². The third kappa shape index (κ3) is 7.39. The fourth-order valence-corrected chi connectivity index (χ4v) is 5.33. The third-order valence-electron chi connectivity index (χ3n) is 5.59. The molecule has 0 heterocycles. The number of sulfonamides is 1. The molecular formula is C27H29BrFN3O4S. The van der Waals surface area contributed by atoms with E-state index in [1.807, 2.05) is 0 Å². The first-order valence-electron chi connectivity index (χ1n) is 11.7. The lowest BCUT2D eigenvalue weighted by atomic mass is 10.1. The van der Waals surface area contributed by atoms with Gasteiger partial charge in [-0.05, 0) is 74.9 Å². The number of carbonyl (C=O) groups is 2. The maximum atomic E-state index is 13.7. The Labute approximate surface area is 225 Å². The van der Waals surface area contributed by atoms with Gasteiger partial charge < -0.3 is 10.2 Å². The summed E-state index contributed by atoms with van der Waals surface area (Å²) in [6.07, 6.45) is 0. The van der Waals surface area contributed by atoms with Crippen LogP contribution in [0, 0.1) is 5.82 Å². The minimum absolute atomic E-state index is 0.00857. The van der Waals surface area contributed by atoms with E-state index in [2.05, 4.69) is 21.2 Å². The largest absolute Gasteiger partial charge is 0.352 e. The highest BCUT2D eigenvalue weighted by Gasteiger charge is 2.32. The fourth-order valence-electron chi connectivity index (χ4n) is 3.63. The van der Waals surface area contributed by atoms with E-state index in [0.717, 1.165) is 8.78 Å². The standard InChI is InChI=1S/C27H29BrFN3O4S/c1-19(2)30-27(34)20(3)31(17-21-9-13-23(29)14-10-21)26(33)18-32(24-15-11-22(28)12-16-24)37(35,36)25-7-5-4-6-8-25/h4-16,19-20H,17-18H2,1-3H3,(H,30,34). The van der Waals surface area contributed by atoms with Gasteiger partial charge in [-0.1, -0.05) is 46.3 Å². The Balaban J connectivity index is 2.00. The minimum atomic E-state index is -4.12. The van der Waals surface area contributed by atoms with Crippen LogP contribution in [-0.2, 0) is 26.2 Å². The summed E-state index contributed by atoms with van der Waals surface area (Å²) in [6, 6.07) is 18.9. The topological polar surface area (TPSA) is 86.8 Å². The zero-order chi connectivity index (χ0) is 27.2. The van der Waals surface area contributed by atoms with Crippen molar-refractivity contribution in [1.82, 2.24) is 10.2 Å². The number of anilines is 1. The number of hydrogen-bond acceptors (Lipinski definition) is 4.